The zero-order chi connectivity index (χ0) is 13.6. The molecule has 1 unspecified atom stereocenters. The van der Waals surface area contributed by atoms with Crippen molar-refractivity contribution in [2.75, 3.05) is 31.2 Å². The Kier molecular flexibility index (Phi) is 2.57. The predicted molar refractivity (Wildman–Crippen MR) is 77.1 cm³/mol. The molecule has 2 saturated heterocycles. The van der Waals surface area contributed by atoms with Crippen LogP contribution in [0.4, 0.5) is 5.69 Å². The largest absolute Gasteiger partial charge is 0.381 e. The highest BCUT2D eigenvalue weighted by atomic mass is 16.5. The zero-order valence-corrected chi connectivity index (χ0v) is 11.3. The van der Waals surface area contributed by atoms with Gasteiger partial charge in [0.25, 0.3) is 5.56 Å². The fraction of sp³-hybridized carbons (Fsp3) is 0.467. The molecular weight excluding hydrogens is 254 g/mol. The molecule has 0 bridgehead atoms. The van der Waals surface area contributed by atoms with Crippen molar-refractivity contribution in [2.45, 2.75) is 12.8 Å². The van der Waals surface area contributed by atoms with E-state index in [0.29, 0.717) is 10.8 Å². The van der Waals surface area contributed by atoms with Gasteiger partial charge in [-0.1, -0.05) is 0 Å². The molecule has 2 aromatic rings. The zero-order valence-electron chi connectivity index (χ0n) is 11.3. The first-order valence-electron chi connectivity index (χ1n) is 7.06. The Morgan fingerprint density at radius 2 is 2.25 bits per heavy atom. The molecule has 2 aromatic heterocycles. The minimum Gasteiger partial charge on any atom is -0.381 e. The molecular formula is C15H17N3O2. The molecule has 2 aliphatic rings. The van der Waals surface area contributed by atoms with Crippen LogP contribution in [0.2, 0.25) is 0 Å². The number of hydrogen-bond donors (Lipinski definition) is 1. The lowest BCUT2D eigenvalue weighted by Crippen LogP contribution is -2.27. The minimum absolute atomic E-state index is 0.0741. The van der Waals surface area contributed by atoms with Gasteiger partial charge in [0.1, 0.15) is 0 Å². The smallest absolute Gasteiger partial charge is 0.257 e. The van der Waals surface area contributed by atoms with Crippen LogP contribution in [-0.2, 0) is 4.74 Å². The van der Waals surface area contributed by atoms with Gasteiger partial charge in [0.15, 0.2) is 0 Å². The van der Waals surface area contributed by atoms with Crippen molar-refractivity contribution in [2.24, 2.45) is 5.41 Å². The summed E-state index contributed by atoms with van der Waals surface area (Å²) < 4.78 is 5.58. The molecule has 4 rings (SSSR count). The first-order valence-corrected chi connectivity index (χ1v) is 7.06. The standard InChI is InChI=1S/C15H17N3O2/c19-14-12-7-16-8-13(11(12)1-4-17-14)18-5-2-15(9-18)3-6-20-10-15/h1,4,7-8H,2-3,5-6,9-10H2,(H,17,19). The molecule has 0 radical (unpaired) electrons. The summed E-state index contributed by atoms with van der Waals surface area (Å²) in [5, 5.41) is 1.65. The monoisotopic (exact) mass is 271 g/mol. The van der Waals surface area contributed by atoms with Crippen molar-refractivity contribution in [3.05, 3.63) is 35.0 Å². The van der Waals surface area contributed by atoms with Crippen LogP contribution < -0.4 is 10.5 Å². The van der Waals surface area contributed by atoms with E-state index in [-0.39, 0.29) is 5.56 Å². The molecule has 0 aliphatic carbocycles. The van der Waals surface area contributed by atoms with Gasteiger partial charge in [0.05, 0.1) is 23.9 Å². The van der Waals surface area contributed by atoms with Crippen molar-refractivity contribution in [1.82, 2.24) is 9.97 Å². The molecule has 0 aromatic carbocycles. The molecule has 5 nitrogen and oxygen atoms in total. The van der Waals surface area contributed by atoms with E-state index in [9.17, 15) is 4.79 Å². The molecule has 0 amide bonds. The summed E-state index contributed by atoms with van der Waals surface area (Å²) in [6.45, 7) is 3.75. The highest BCUT2D eigenvalue weighted by Gasteiger charge is 2.41. The number of anilines is 1. The maximum Gasteiger partial charge on any atom is 0.257 e. The van der Waals surface area contributed by atoms with Gasteiger partial charge in [-0.3, -0.25) is 9.78 Å². The Morgan fingerprint density at radius 3 is 3.10 bits per heavy atom. The number of aromatic amines is 1. The van der Waals surface area contributed by atoms with Crippen molar-refractivity contribution >= 4 is 16.5 Å². The van der Waals surface area contributed by atoms with Gasteiger partial charge >= 0.3 is 0 Å². The molecule has 20 heavy (non-hydrogen) atoms. The van der Waals surface area contributed by atoms with Crippen LogP contribution in [0, 0.1) is 5.41 Å². The molecule has 1 spiro atoms. The Balaban J connectivity index is 1.76. The molecule has 0 saturated carbocycles. The Labute approximate surface area is 116 Å². The highest BCUT2D eigenvalue weighted by Crippen LogP contribution is 2.40. The van der Waals surface area contributed by atoms with Crippen molar-refractivity contribution < 1.29 is 4.74 Å². The second-order valence-corrected chi connectivity index (χ2v) is 5.90. The molecule has 5 heteroatoms. The average molecular weight is 271 g/mol. The van der Waals surface area contributed by atoms with Crippen LogP contribution in [0.15, 0.2) is 29.5 Å². The Bertz CT molecular complexity index is 704. The summed E-state index contributed by atoms with van der Waals surface area (Å²) in [5.41, 5.74) is 1.30. The average Bonchev–Trinajstić information content (AvgIpc) is 3.10. The lowest BCUT2D eigenvalue weighted by atomic mass is 9.87. The Hall–Kier alpha value is -1.88. The van der Waals surface area contributed by atoms with Gasteiger partial charge in [-0.2, -0.15) is 0 Å². The summed E-state index contributed by atoms with van der Waals surface area (Å²) in [4.78, 5) is 21.2. The van der Waals surface area contributed by atoms with E-state index >= 15 is 0 Å². The molecule has 2 aliphatic heterocycles. The molecule has 1 N–H and O–H groups in total. The van der Waals surface area contributed by atoms with Crippen LogP contribution >= 0.6 is 0 Å². The first kappa shape index (κ1) is 11.9. The van der Waals surface area contributed by atoms with Crippen LogP contribution in [0.25, 0.3) is 10.8 Å². The third-order valence-corrected chi connectivity index (χ3v) is 4.64. The Morgan fingerprint density at radius 1 is 1.30 bits per heavy atom. The van der Waals surface area contributed by atoms with Crippen molar-refractivity contribution in [3.63, 3.8) is 0 Å². The van der Waals surface area contributed by atoms with Gasteiger partial charge in [-0.15, -0.1) is 0 Å². The fourth-order valence-corrected chi connectivity index (χ4v) is 3.46. The van der Waals surface area contributed by atoms with Crippen LogP contribution in [0.3, 0.4) is 0 Å². The quantitative estimate of drug-likeness (QED) is 0.854. The van der Waals surface area contributed by atoms with E-state index in [1.54, 1.807) is 12.4 Å². The summed E-state index contributed by atoms with van der Waals surface area (Å²) >= 11 is 0. The SMILES string of the molecule is O=c1[nH]ccc2c(N3CCC4(CCOC4)C3)cncc12. The number of ether oxygens (including phenoxy) is 1. The van der Waals surface area contributed by atoms with Gasteiger partial charge in [0.2, 0.25) is 0 Å². The van der Waals surface area contributed by atoms with Gasteiger partial charge < -0.3 is 14.6 Å². The predicted octanol–water partition coefficient (Wildman–Crippen LogP) is 1.54. The summed E-state index contributed by atoms with van der Waals surface area (Å²) in [5.74, 6) is 0. The van der Waals surface area contributed by atoms with E-state index in [4.69, 9.17) is 4.74 Å². The summed E-state index contributed by atoms with van der Waals surface area (Å²) in [6, 6.07) is 1.96. The summed E-state index contributed by atoms with van der Waals surface area (Å²) in [7, 11) is 0. The first-order chi connectivity index (χ1) is 9.77. The highest BCUT2D eigenvalue weighted by molar-refractivity contribution is 5.92. The number of rotatable bonds is 1. The van der Waals surface area contributed by atoms with E-state index < -0.39 is 0 Å². The lowest BCUT2D eigenvalue weighted by molar-refractivity contribution is 0.160. The lowest BCUT2D eigenvalue weighted by Gasteiger charge is -2.24. The van der Waals surface area contributed by atoms with Gasteiger partial charge in [-0.05, 0) is 18.9 Å². The van der Waals surface area contributed by atoms with E-state index in [1.165, 1.54) is 0 Å². The minimum atomic E-state index is -0.0741. The van der Waals surface area contributed by atoms with Crippen LogP contribution in [0.5, 0.6) is 0 Å². The van der Waals surface area contributed by atoms with Gasteiger partial charge in [0, 0.05) is 42.9 Å². The molecule has 2 fully saturated rings. The van der Waals surface area contributed by atoms with Crippen molar-refractivity contribution in [1.29, 1.82) is 0 Å². The van der Waals surface area contributed by atoms with Crippen LogP contribution in [-0.4, -0.2) is 36.3 Å². The second kappa shape index (κ2) is 4.31. The van der Waals surface area contributed by atoms with Crippen LogP contribution in [0.1, 0.15) is 12.8 Å². The van der Waals surface area contributed by atoms with E-state index in [1.807, 2.05) is 12.3 Å². The molecule has 104 valence electrons. The third kappa shape index (κ3) is 1.73. The maximum absolute atomic E-state index is 11.9. The molecule has 4 heterocycles. The number of pyridine rings is 2. The number of nitrogens with one attached hydrogen (secondary N) is 1. The number of aromatic nitrogens is 2. The molecule has 1 atom stereocenters. The number of hydrogen-bond acceptors (Lipinski definition) is 4. The summed E-state index contributed by atoms with van der Waals surface area (Å²) in [6.07, 6.45) is 7.52. The topological polar surface area (TPSA) is 58.2 Å². The van der Waals surface area contributed by atoms with E-state index in [0.717, 1.165) is 50.2 Å². The third-order valence-electron chi connectivity index (χ3n) is 4.64. The fourth-order valence-electron chi connectivity index (χ4n) is 3.46. The normalized spacial score (nSPS) is 25.9. The van der Waals surface area contributed by atoms with Gasteiger partial charge in [-0.25, -0.2) is 0 Å². The number of H-pyrrole nitrogens is 1. The second-order valence-electron chi connectivity index (χ2n) is 5.90. The van der Waals surface area contributed by atoms with E-state index in [2.05, 4.69) is 14.9 Å². The maximum atomic E-state index is 11.9. The number of nitrogens with zero attached hydrogens (tertiary/aromatic N) is 2. The number of fused-ring (bicyclic) bond motifs is 1. The van der Waals surface area contributed by atoms with Crippen molar-refractivity contribution in [3.8, 4) is 0 Å².